The van der Waals surface area contributed by atoms with Crippen LogP contribution >= 0.6 is 24.2 Å². The van der Waals surface area contributed by atoms with Crippen molar-refractivity contribution in [3.63, 3.8) is 0 Å². The molecule has 0 spiro atoms. The molecule has 0 aliphatic rings. The van der Waals surface area contributed by atoms with Crippen LogP contribution in [0, 0.1) is 0 Å². The van der Waals surface area contributed by atoms with Crippen molar-refractivity contribution in [3.05, 3.63) is 29.3 Å². The van der Waals surface area contributed by atoms with Crippen LogP contribution in [0.5, 0.6) is 5.75 Å². The highest BCUT2D eigenvalue weighted by Gasteiger charge is 2.21. The van der Waals surface area contributed by atoms with Crippen LogP contribution < -0.4 is 10.6 Å². The summed E-state index contributed by atoms with van der Waals surface area (Å²) >= 11 is 9.71. The lowest BCUT2D eigenvalue weighted by molar-refractivity contribution is -0.131. The molecule has 0 aliphatic carbocycles. The lowest BCUT2D eigenvalue weighted by Crippen LogP contribution is -2.48. The van der Waals surface area contributed by atoms with Crippen molar-refractivity contribution in [2.75, 3.05) is 5.88 Å². The van der Waals surface area contributed by atoms with Crippen LogP contribution in [-0.2, 0) is 4.79 Å². The molecule has 0 fully saturated rings. The third-order valence-electron chi connectivity index (χ3n) is 1.87. The summed E-state index contributed by atoms with van der Waals surface area (Å²) in [5, 5.41) is 1.81. The second-order valence-electron chi connectivity index (χ2n) is 3.19. The van der Waals surface area contributed by atoms with Gasteiger partial charge in [0.15, 0.2) is 5.78 Å². The van der Waals surface area contributed by atoms with Gasteiger partial charge in [0.1, 0.15) is 5.75 Å². The van der Waals surface area contributed by atoms with Gasteiger partial charge in [0.25, 0.3) is 0 Å². The van der Waals surface area contributed by atoms with Crippen molar-refractivity contribution in [2.24, 2.45) is 5.84 Å². The topological polar surface area (TPSA) is 55.6 Å². The third-order valence-corrected chi connectivity index (χ3v) is 2.45. The number of Topliss-reactive ketones (excluding diaryl/α,β-unsaturated/α-hetero) is 1. The molecule has 16 heavy (non-hydrogen) atoms. The summed E-state index contributed by atoms with van der Waals surface area (Å²) in [7, 11) is 0. The maximum atomic E-state index is 11.3. The van der Waals surface area contributed by atoms with E-state index in [-0.39, 0.29) is 11.7 Å². The summed E-state index contributed by atoms with van der Waals surface area (Å²) < 4.78 is 5.43. The maximum absolute atomic E-state index is 11.3. The minimum Gasteiger partial charge on any atom is -0.466 e. The molecule has 6 heteroatoms. The van der Waals surface area contributed by atoms with Crippen molar-refractivity contribution in [1.82, 2.24) is 5.01 Å². The van der Waals surface area contributed by atoms with E-state index in [1.165, 1.54) is 11.9 Å². The van der Waals surface area contributed by atoms with Gasteiger partial charge in [-0.3, -0.25) is 10.6 Å². The standard InChI is InChI=1S/C10H13ClN2O2S/c1-7(14)10(13(12)6-16)15-9-4-2-8(11)3-5-9/h2-5,10,16H,6,12H2,1H3. The number of nitrogens with zero attached hydrogens (tertiary/aromatic N) is 1. The minimum absolute atomic E-state index is 0.188. The number of ether oxygens (including phenoxy) is 1. The van der Waals surface area contributed by atoms with Gasteiger partial charge in [-0.2, -0.15) is 17.6 Å². The van der Waals surface area contributed by atoms with E-state index in [0.29, 0.717) is 10.8 Å². The molecule has 0 bridgehead atoms. The van der Waals surface area contributed by atoms with Gasteiger partial charge < -0.3 is 4.74 Å². The summed E-state index contributed by atoms with van der Waals surface area (Å²) in [5.41, 5.74) is 0. The number of halogens is 1. The van der Waals surface area contributed by atoms with Gasteiger partial charge in [0.05, 0.1) is 5.88 Å². The molecule has 1 rings (SSSR count). The molecule has 1 unspecified atom stereocenters. The van der Waals surface area contributed by atoms with E-state index in [1.54, 1.807) is 24.3 Å². The highest BCUT2D eigenvalue weighted by Crippen LogP contribution is 2.17. The Morgan fingerprint density at radius 1 is 1.56 bits per heavy atom. The SMILES string of the molecule is CC(=O)C(Oc1ccc(Cl)cc1)N(N)CS. The first-order valence-corrected chi connectivity index (χ1v) is 5.60. The van der Waals surface area contributed by atoms with Crippen LogP contribution in [0.4, 0.5) is 0 Å². The Bertz CT molecular complexity index is 358. The van der Waals surface area contributed by atoms with E-state index in [9.17, 15) is 4.79 Å². The second-order valence-corrected chi connectivity index (χ2v) is 3.91. The molecule has 0 heterocycles. The molecular weight excluding hydrogens is 248 g/mol. The Kier molecular flexibility index (Phi) is 5.08. The molecule has 2 N–H and O–H groups in total. The van der Waals surface area contributed by atoms with Crippen LogP contribution in [-0.4, -0.2) is 22.9 Å². The van der Waals surface area contributed by atoms with Gasteiger partial charge in [-0.15, -0.1) is 0 Å². The number of hydrogen-bond donors (Lipinski definition) is 2. The van der Waals surface area contributed by atoms with E-state index in [2.05, 4.69) is 12.6 Å². The molecule has 0 radical (unpaired) electrons. The predicted octanol–water partition coefficient (Wildman–Crippen LogP) is 1.70. The van der Waals surface area contributed by atoms with Crippen molar-refractivity contribution >= 4 is 30.0 Å². The van der Waals surface area contributed by atoms with Crippen molar-refractivity contribution in [3.8, 4) is 5.75 Å². The zero-order valence-electron chi connectivity index (χ0n) is 8.76. The number of rotatable bonds is 5. The van der Waals surface area contributed by atoms with Crippen LogP contribution in [0.1, 0.15) is 6.92 Å². The Hall–Kier alpha value is -0.750. The largest absolute Gasteiger partial charge is 0.466 e. The van der Waals surface area contributed by atoms with E-state index >= 15 is 0 Å². The van der Waals surface area contributed by atoms with Crippen molar-refractivity contribution < 1.29 is 9.53 Å². The number of nitrogens with two attached hydrogens (primary N) is 1. The number of ketones is 1. The summed E-state index contributed by atoms with van der Waals surface area (Å²) in [4.78, 5) is 11.3. The van der Waals surface area contributed by atoms with Gasteiger partial charge in [-0.05, 0) is 31.2 Å². The highest BCUT2D eigenvalue weighted by atomic mass is 35.5. The fourth-order valence-corrected chi connectivity index (χ4v) is 1.37. The summed E-state index contributed by atoms with van der Waals surface area (Å²) in [6.45, 7) is 1.41. The lowest BCUT2D eigenvalue weighted by Gasteiger charge is -2.24. The van der Waals surface area contributed by atoms with Crippen LogP contribution in [0.15, 0.2) is 24.3 Å². The molecule has 0 saturated heterocycles. The molecule has 1 aromatic rings. The Morgan fingerprint density at radius 2 is 2.12 bits per heavy atom. The third kappa shape index (κ3) is 3.68. The zero-order valence-corrected chi connectivity index (χ0v) is 10.4. The van der Waals surface area contributed by atoms with Crippen molar-refractivity contribution in [2.45, 2.75) is 13.2 Å². The molecule has 1 aromatic carbocycles. The number of hydrogen-bond acceptors (Lipinski definition) is 5. The monoisotopic (exact) mass is 260 g/mol. The zero-order chi connectivity index (χ0) is 12.1. The molecule has 0 saturated carbocycles. The fraction of sp³-hybridized carbons (Fsp3) is 0.300. The predicted molar refractivity (Wildman–Crippen MR) is 66.4 cm³/mol. The first-order chi connectivity index (χ1) is 7.54. The van der Waals surface area contributed by atoms with Gasteiger partial charge >= 0.3 is 0 Å². The quantitative estimate of drug-likeness (QED) is 0.366. The minimum atomic E-state index is -0.835. The Morgan fingerprint density at radius 3 is 2.56 bits per heavy atom. The number of carbonyl (C=O) groups excluding carboxylic acids is 1. The molecule has 0 amide bonds. The molecular formula is C10H13ClN2O2S. The molecule has 4 nitrogen and oxygen atoms in total. The first kappa shape index (κ1) is 13.3. The lowest BCUT2D eigenvalue weighted by atomic mass is 10.3. The average Bonchev–Trinajstić information content (AvgIpc) is 2.27. The van der Waals surface area contributed by atoms with Crippen molar-refractivity contribution in [1.29, 1.82) is 0 Å². The summed E-state index contributed by atoms with van der Waals surface area (Å²) in [5.74, 6) is 6.14. The Balaban J connectivity index is 2.75. The molecule has 0 aromatic heterocycles. The Labute approximate surface area is 105 Å². The normalized spacial score (nSPS) is 12.6. The van der Waals surface area contributed by atoms with Gasteiger partial charge in [0, 0.05) is 5.02 Å². The maximum Gasteiger partial charge on any atom is 0.224 e. The van der Waals surface area contributed by atoms with E-state index in [1.807, 2.05) is 0 Å². The first-order valence-electron chi connectivity index (χ1n) is 4.59. The number of benzene rings is 1. The summed E-state index contributed by atoms with van der Waals surface area (Å²) in [6.07, 6.45) is -0.835. The fourth-order valence-electron chi connectivity index (χ4n) is 1.10. The van der Waals surface area contributed by atoms with Crippen LogP contribution in [0.25, 0.3) is 0 Å². The molecule has 0 aliphatic heterocycles. The van der Waals surface area contributed by atoms with Gasteiger partial charge in [0.2, 0.25) is 6.23 Å². The smallest absolute Gasteiger partial charge is 0.224 e. The van der Waals surface area contributed by atoms with E-state index in [0.717, 1.165) is 0 Å². The molecule has 1 atom stereocenters. The highest BCUT2D eigenvalue weighted by molar-refractivity contribution is 7.80. The number of thiol groups is 1. The van der Waals surface area contributed by atoms with E-state index in [4.69, 9.17) is 22.2 Å². The van der Waals surface area contributed by atoms with Crippen LogP contribution in [0.3, 0.4) is 0 Å². The number of hydrazine groups is 1. The van der Waals surface area contributed by atoms with E-state index < -0.39 is 6.23 Å². The van der Waals surface area contributed by atoms with Gasteiger partial charge in [-0.25, -0.2) is 0 Å². The van der Waals surface area contributed by atoms with Gasteiger partial charge in [-0.1, -0.05) is 11.6 Å². The van der Waals surface area contributed by atoms with Crippen LogP contribution in [0.2, 0.25) is 5.02 Å². The molecule has 88 valence electrons. The number of carbonyl (C=O) groups is 1. The average molecular weight is 261 g/mol. The second kappa shape index (κ2) is 6.10. The summed E-state index contributed by atoms with van der Waals surface area (Å²) in [6, 6.07) is 6.69.